The van der Waals surface area contributed by atoms with Crippen molar-refractivity contribution in [2.75, 3.05) is 6.54 Å². The lowest BCUT2D eigenvalue weighted by Crippen LogP contribution is -2.13. The first-order valence-corrected chi connectivity index (χ1v) is 6.60. The van der Waals surface area contributed by atoms with Crippen LogP contribution in [0.5, 0.6) is 0 Å². The second kappa shape index (κ2) is 4.90. The van der Waals surface area contributed by atoms with Gasteiger partial charge in [-0.3, -0.25) is 0 Å². The zero-order chi connectivity index (χ0) is 13.2. The molecule has 0 aliphatic heterocycles. The molecule has 1 atom stereocenters. The molecule has 3 rings (SSSR count). The highest BCUT2D eigenvalue weighted by atomic mass is 14.9. The highest BCUT2D eigenvalue weighted by Gasteiger charge is 2.17. The van der Waals surface area contributed by atoms with Gasteiger partial charge in [0.1, 0.15) is 0 Å². The van der Waals surface area contributed by atoms with Crippen molar-refractivity contribution in [3.05, 3.63) is 71.9 Å². The zero-order valence-electron chi connectivity index (χ0n) is 11.1. The summed E-state index contributed by atoms with van der Waals surface area (Å²) in [5.74, 6) is 0.257. The van der Waals surface area contributed by atoms with Crippen molar-refractivity contribution >= 4 is 10.9 Å². The predicted octanol–water partition coefficient (Wildman–Crippen LogP) is 3.27. The van der Waals surface area contributed by atoms with E-state index >= 15 is 0 Å². The number of rotatable bonds is 3. The van der Waals surface area contributed by atoms with Gasteiger partial charge in [-0.25, -0.2) is 0 Å². The van der Waals surface area contributed by atoms with Gasteiger partial charge in [0, 0.05) is 36.6 Å². The van der Waals surface area contributed by atoms with Gasteiger partial charge in [0.2, 0.25) is 0 Å². The van der Waals surface area contributed by atoms with Crippen molar-refractivity contribution < 1.29 is 0 Å². The van der Waals surface area contributed by atoms with Crippen LogP contribution in [-0.4, -0.2) is 11.1 Å². The van der Waals surface area contributed by atoms with Gasteiger partial charge in [0.15, 0.2) is 0 Å². The molecule has 0 saturated heterocycles. The Hall–Kier alpha value is -2.06. The molecule has 3 aromatic rings. The van der Waals surface area contributed by atoms with E-state index in [1.165, 1.54) is 22.0 Å². The van der Waals surface area contributed by atoms with Crippen LogP contribution in [0.15, 0.2) is 60.8 Å². The number of aromatic nitrogens is 1. The minimum absolute atomic E-state index is 0.257. The molecule has 1 aromatic heterocycles. The molecule has 0 aliphatic rings. The number of aryl methyl sites for hydroxylation is 1. The van der Waals surface area contributed by atoms with E-state index in [0.29, 0.717) is 6.54 Å². The van der Waals surface area contributed by atoms with E-state index in [0.717, 1.165) is 0 Å². The molecule has 0 spiro atoms. The zero-order valence-corrected chi connectivity index (χ0v) is 11.1. The van der Waals surface area contributed by atoms with Crippen molar-refractivity contribution in [2.45, 2.75) is 5.92 Å². The standard InChI is InChI=1S/C17H18N2/c1-19-12-16(14-9-5-6-10-17(14)19)15(11-18)13-7-3-2-4-8-13/h2-10,12,15H,11,18H2,1H3. The Bertz CT molecular complexity index is 683. The molecule has 2 heteroatoms. The van der Waals surface area contributed by atoms with Crippen molar-refractivity contribution in [1.29, 1.82) is 0 Å². The number of fused-ring (bicyclic) bond motifs is 1. The molecule has 96 valence electrons. The van der Waals surface area contributed by atoms with Crippen LogP contribution in [0.3, 0.4) is 0 Å². The van der Waals surface area contributed by atoms with E-state index < -0.39 is 0 Å². The lowest BCUT2D eigenvalue weighted by Gasteiger charge is -2.14. The Morgan fingerprint density at radius 2 is 1.68 bits per heavy atom. The normalized spacial score (nSPS) is 12.7. The fraction of sp³-hybridized carbons (Fsp3) is 0.176. The number of benzene rings is 2. The number of para-hydroxylation sites is 1. The predicted molar refractivity (Wildman–Crippen MR) is 80.3 cm³/mol. The largest absolute Gasteiger partial charge is 0.350 e. The fourth-order valence-corrected chi connectivity index (χ4v) is 2.78. The molecule has 2 nitrogen and oxygen atoms in total. The molecule has 0 amide bonds. The molecule has 1 heterocycles. The summed E-state index contributed by atoms with van der Waals surface area (Å²) in [6, 6.07) is 19.0. The Morgan fingerprint density at radius 3 is 2.42 bits per heavy atom. The first kappa shape index (κ1) is 12.0. The maximum absolute atomic E-state index is 6.03. The average molecular weight is 250 g/mol. The summed E-state index contributed by atoms with van der Waals surface area (Å²) in [6.45, 7) is 0.623. The molecule has 2 N–H and O–H groups in total. The Labute approximate surface area is 113 Å². The fourth-order valence-electron chi connectivity index (χ4n) is 2.78. The van der Waals surface area contributed by atoms with Gasteiger partial charge >= 0.3 is 0 Å². The molecule has 0 radical (unpaired) electrons. The van der Waals surface area contributed by atoms with Gasteiger partial charge in [0.05, 0.1) is 0 Å². The topological polar surface area (TPSA) is 30.9 Å². The van der Waals surface area contributed by atoms with Crippen LogP contribution in [0.2, 0.25) is 0 Å². The van der Waals surface area contributed by atoms with Crippen molar-refractivity contribution in [3.8, 4) is 0 Å². The highest BCUT2D eigenvalue weighted by Crippen LogP contribution is 2.31. The van der Waals surface area contributed by atoms with Gasteiger partial charge in [-0.1, -0.05) is 48.5 Å². The highest BCUT2D eigenvalue weighted by molar-refractivity contribution is 5.85. The van der Waals surface area contributed by atoms with Crippen molar-refractivity contribution in [2.24, 2.45) is 12.8 Å². The minimum atomic E-state index is 0.257. The first-order chi connectivity index (χ1) is 9.31. The third-order valence-electron chi connectivity index (χ3n) is 3.74. The van der Waals surface area contributed by atoms with Crippen molar-refractivity contribution in [1.82, 2.24) is 4.57 Å². The first-order valence-electron chi connectivity index (χ1n) is 6.60. The summed E-state index contributed by atoms with van der Waals surface area (Å²) in [5, 5.41) is 1.30. The maximum atomic E-state index is 6.03. The SMILES string of the molecule is Cn1cc(C(CN)c2ccccc2)c2ccccc21. The van der Waals surface area contributed by atoms with Crippen LogP contribution in [0, 0.1) is 0 Å². The Kier molecular flexibility index (Phi) is 3.10. The van der Waals surface area contributed by atoms with E-state index in [9.17, 15) is 0 Å². The second-order valence-electron chi connectivity index (χ2n) is 4.91. The summed E-state index contributed by atoms with van der Waals surface area (Å²) in [5.41, 5.74) is 9.88. The van der Waals surface area contributed by atoms with Gasteiger partial charge in [0.25, 0.3) is 0 Å². The molecule has 2 aromatic carbocycles. The number of nitrogens with zero attached hydrogens (tertiary/aromatic N) is 1. The van der Waals surface area contributed by atoms with Crippen molar-refractivity contribution in [3.63, 3.8) is 0 Å². The number of hydrogen-bond donors (Lipinski definition) is 1. The van der Waals surface area contributed by atoms with Crippen LogP contribution < -0.4 is 5.73 Å². The van der Waals surface area contributed by atoms with Gasteiger partial charge in [-0.15, -0.1) is 0 Å². The lowest BCUT2D eigenvalue weighted by atomic mass is 9.91. The van der Waals surface area contributed by atoms with E-state index in [-0.39, 0.29) is 5.92 Å². The monoisotopic (exact) mass is 250 g/mol. The third-order valence-corrected chi connectivity index (χ3v) is 3.74. The molecule has 19 heavy (non-hydrogen) atoms. The third kappa shape index (κ3) is 2.04. The van der Waals surface area contributed by atoms with E-state index in [4.69, 9.17) is 5.73 Å². The van der Waals surface area contributed by atoms with Crippen LogP contribution >= 0.6 is 0 Å². The van der Waals surface area contributed by atoms with E-state index in [1.807, 2.05) is 6.07 Å². The molecule has 0 saturated carbocycles. The molecule has 0 aliphatic carbocycles. The average Bonchev–Trinajstić information content (AvgIpc) is 2.79. The minimum Gasteiger partial charge on any atom is -0.350 e. The quantitative estimate of drug-likeness (QED) is 0.760. The van der Waals surface area contributed by atoms with E-state index in [2.05, 4.69) is 66.3 Å². The van der Waals surface area contributed by atoms with Crippen LogP contribution in [0.1, 0.15) is 17.0 Å². The summed E-state index contributed by atoms with van der Waals surface area (Å²) >= 11 is 0. The summed E-state index contributed by atoms with van der Waals surface area (Å²) < 4.78 is 2.18. The van der Waals surface area contributed by atoms with Crippen LogP contribution in [-0.2, 0) is 7.05 Å². The number of hydrogen-bond acceptors (Lipinski definition) is 1. The second-order valence-corrected chi connectivity index (χ2v) is 4.91. The summed E-state index contributed by atoms with van der Waals surface area (Å²) in [7, 11) is 2.09. The Balaban J connectivity index is 2.17. The summed E-state index contributed by atoms with van der Waals surface area (Å²) in [6.07, 6.45) is 2.20. The molecular formula is C17H18N2. The van der Waals surface area contributed by atoms with Crippen LogP contribution in [0.4, 0.5) is 0 Å². The molecular weight excluding hydrogens is 232 g/mol. The lowest BCUT2D eigenvalue weighted by molar-refractivity contribution is 0.816. The van der Waals surface area contributed by atoms with Crippen LogP contribution in [0.25, 0.3) is 10.9 Å². The van der Waals surface area contributed by atoms with E-state index in [1.54, 1.807) is 0 Å². The Morgan fingerprint density at radius 1 is 1.00 bits per heavy atom. The van der Waals surface area contributed by atoms with Gasteiger partial charge in [-0.05, 0) is 17.2 Å². The number of nitrogens with two attached hydrogens (primary N) is 1. The molecule has 0 fully saturated rings. The molecule has 1 unspecified atom stereocenters. The maximum Gasteiger partial charge on any atom is 0.0480 e. The van der Waals surface area contributed by atoms with Gasteiger partial charge in [-0.2, -0.15) is 0 Å². The summed E-state index contributed by atoms with van der Waals surface area (Å²) in [4.78, 5) is 0. The molecule has 0 bridgehead atoms. The van der Waals surface area contributed by atoms with Gasteiger partial charge < -0.3 is 10.3 Å². The smallest absolute Gasteiger partial charge is 0.0480 e.